The van der Waals surface area contributed by atoms with Crippen LogP contribution < -0.4 is 5.46 Å². The fourth-order valence-electron chi connectivity index (χ4n) is 3.85. The minimum Gasteiger partial charge on any atom is -0.444 e. The van der Waals surface area contributed by atoms with Gasteiger partial charge in [0.05, 0.1) is 26.9 Å². The second kappa shape index (κ2) is 7.68. The number of nitrogens with zero attached hydrogens (tertiary/aromatic N) is 3. The topological polar surface area (TPSA) is 207 Å². The molecule has 1 unspecified atom stereocenters. The monoisotopic (exact) mass is 509 g/mol. The third-order valence-corrected chi connectivity index (χ3v) is 6.72. The van der Waals surface area contributed by atoms with Gasteiger partial charge < -0.3 is 49.8 Å². The minimum absolute atomic E-state index is 0.0457. The van der Waals surface area contributed by atoms with Gasteiger partial charge in [-0.1, -0.05) is 0 Å². The Balaban J connectivity index is 2.14. The van der Waals surface area contributed by atoms with Crippen LogP contribution >= 0.6 is 0 Å². The quantitative estimate of drug-likeness (QED) is 0.151. The van der Waals surface area contributed by atoms with Crippen molar-refractivity contribution < 1.29 is 54.6 Å². The highest BCUT2D eigenvalue weighted by atomic mass is 16.7. The summed E-state index contributed by atoms with van der Waals surface area (Å²) in [6.07, 6.45) is 0.0650. The van der Waals surface area contributed by atoms with Gasteiger partial charge in [-0.05, 0) is 48.5 Å². The van der Waals surface area contributed by atoms with Crippen molar-refractivity contribution in [2.24, 2.45) is 0 Å². The molecule has 3 heterocycles. The first kappa shape index (κ1) is 28.9. The fourth-order valence-corrected chi connectivity index (χ4v) is 3.85. The van der Waals surface area contributed by atoms with E-state index in [9.17, 15) is 40.5 Å². The molecule has 0 saturated carbocycles. The van der Waals surface area contributed by atoms with Crippen molar-refractivity contribution in [3.63, 3.8) is 0 Å². The van der Waals surface area contributed by atoms with Crippen molar-refractivity contribution in [2.45, 2.75) is 93.8 Å². The van der Waals surface area contributed by atoms with Gasteiger partial charge in [-0.2, -0.15) is 5.10 Å². The molecule has 1 aromatic rings. The van der Waals surface area contributed by atoms with Crippen LogP contribution in [0.3, 0.4) is 0 Å². The minimum atomic E-state index is -4.41. The largest absolute Gasteiger partial charge is 0.498 e. The van der Waals surface area contributed by atoms with Crippen LogP contribution in [0.2, 0.25) is 0 Å². The van der Waals surface area contributed by atoms with Gasteiger partial charge in [-0.3, -0.25) is 4.90 Å². The van der Waals surface area contributed by atoms with Crippen molar-refractivity contribution in [2.75, 3.05) is 0 Å². The summed E-state index contributed by atoms with van der Waals surface area (Å²) in [6.45, 7) is 11.1. The summed E-state index contributed by atoms with van der Waals surface area (Å²) in [4.78, 5) is 12.2. The Bertz CT molecular complexity index is 1000. The summed E-state index contributed by atoms with van der Waals surface area (Å²) in [5, 5.41) is 76.4. The lowest BCUT2D eigenvalue weighted by Gasteiger charge is -2.65. The Labute approximate surface area is 210 Å². The standard InChI is InChI=1S/C19H30B3N3O11/c1-12(2,3)34-11(26)25-18(20,21)16(28,29)15(27,17(30,31)19(25,32)33)24-9-10(8-23-24)22-35-13(4,5)14(6,7)36-22/h8-9,27-33H,1-7H3. The summed E-state index contributed by atoms with van der Waals surface area (Å²) in [6, 6.07) is 0. The normalized spacial score (nSPS) is 29.7. The molecule has 1 aromatic heterocycles. The first-order valence-corrected chi connectivity index (χ1v) is 10.9. The number of ether oxygens (including phenoxy) is 1. The Kier molecular flexibility index (Phi) is 6.16. The molecule has 0 aromatic carbocycles. The molecule has 2 saturated heterocycles. The number of amides is 1. The van der Waals surface area contributed by atoms with Crippen molar-refractivity contribution in [1.82, 2.24) is 14.7 Å². The van der Waals surface area contributed by atoms with Gasteiger partial charge in [0.15, 0.2) is 0 Å². The Morgan fingerprint density at radius 3 is 1.89 bits per heavy atom. The zero-order valence-corrected chi connectivity index (χ0v) is 21.0. The van der Waals surface area contributed by atoms with Crippen LogP contribution in [0.15, 0.2) is 12.4 Å². The molecule has 0 aliphatic carbocycles. The summed E-state index contributed by atoms with van der Waals surface area (Å²) >= 11 is 0. The van der Waals surface area contributed by atoms with E-state index in [1.165, 1.54) is 20.8 Å². The first-order chi connectivity index (χ1) is 15.8. The SMILES string of the molecule is [B]C1([B])N(C(=O)OC(C)(C)C)C(O)(O)C(O)(O)C(O)(n2cc(B3OC(C)(C)C(C)(C)O3)cn2)C1(O)O. The van der Waals surface area contributed by atoms with Crippen molar-refractivity contribution in [3.8, 4) is 0 Å². The Hall–Kier alpha value is -1.69. The molecule has 7 N–H and O–H groups in total. The van der Waals surface area contributed by atoms with E-state index in [1.807, 2.05) is 0 Å². The number of rotatable bonds is 2. The van der Waals surface area contributed by atoms with Gasteiger partial charge in [0, 0.05) is 23.2 Å². The summed E-state index contributed by atoms with van der Waals surface area (Å²) in [7, 11) is 10.4. The second-order valence-electron chi connectivity index (χ2n) is 11.1. The van der Waals surface area contributed by atoms with Gasteiger partial charge in [-0.25, -0.2) is 9.48 Å². The molecule has 17 heteroatoms. The van der Waals surface area contributed by atoms with Crippen molar-refractivity contribution in [1.29, 1.82) is 0 Å². The number of carbonyl (C=O) groups excluding carboxylic acids is 1. The predicted molar refractivity (Wildman–Crippen MR) is 122 cm³/mol. The number of hydrogen-bond donors (Lipinski definition) is 7. The molecule has 36 heavy (non-hydrogen) atoms. The number of likely N-dealkylation sites (tertiary alicyclic amines) is 1. The smallest absolute Gasteiger partial charge is 0.444 e. The lowest BCUT2D eigenvalue weighted by molar-refractivity contribution is -0.541. The zero-order chi connectivity index (χ0) is 28.1. The lowest BCUT2D eigenvalue weighted by Crippen LogP contribution is -2.94. The van der Waals surface area contributed by atoms with Crippen LogP contribution in [0, 0.1) is 0 Å². The van der Waals surface area contributed by atoms with E-state index in [0.717, 1.165) is 12.4 Å². The predicted octanol–water partition coefficient (Wildman–Crippen LogP) is -3.93. The molecular formula is C19H30B3N3O11. The molecule has 196 valence electrons. The fraction of sp³-hybridized carbons (Fsp3) is 0.789. The molecule has 3 rings (SSSR count). The summed E-state index contributed by atoms with van der Waals surface area (Å²) in [5.74, 6) is -12.8. The van der Waals surface area contributed by atoms with Crippen molar-refractivity contribution >= 4 is 34.4 Å². The number of hydrogen-bond acceptors (Lipinski definition) is 12. The number of aromatic nitrogens is 2. The molecular weight excluding hydrogens is 479 g/mol. The highest BCUT2D eigenvalue weighted by molar-refractivity contribution is 6.62. The van der Waals surface area contributed by atoms with Crippen LogP contribution in [0.4, 0.5) is 4.79 Å². The Morgan fingerprint density at radius 1 is 0.972 bits per heavy atom. The molecule has 2 aliphatic rings. The van der Waals surface area contributed by atoms with Crippen LogP contribution in [0.1, 0.15) is 48.5 Å². The van der Waals surface area contributed by atoms with Crippen LogP contribution in [-0.4, -0.2) is 119 Å². The Morgan fingerprint density at radius 2 is 1.44 bits per heavy atom. The molecule has 14 nitrogen and oxygen atoms in total. The van der Waals surface area contributed by atoms with Gasteiger partial charge in [-0.15, -0.1) is 0 Å². The van der Waals surface area contributed by atoms with Crippen LogP contribution in [0.5, 0.6) is 0 Å². The average Bonchev–Trinajstić information content (AvgIpc) is 3.20. The first-order valence-electron chi connectivity index (χ1n) is 10.9. The van der Waals surface area contributed by atoms with Crippen LogP contribution in [0.25, 0.3) is 0 Å². The van der Waals surface area contributed by atoms with Gasteiger partial charge in [0.25, 0.3) is 11.5 Å². The number of piperidine rings is 1. The van der Waals surface area contributed by atoms with E-state index < -0.39 is 63.5 Å². The average molecular weight is 509 g/mol. The maximum atomic E-state index is 12.7. The highest BCUT2D eigenvalue weighted by Crippen LogP contribution is 2.52. The molecule has 4 radical (unpaired) electrons. The summed E-state index contributed by atoms with van der Waals surface area (Å²) in [5.41, 5.74) is -6.89. The second-order valence-corrected chi connectivity index (χ2v) is 11.1. The molecule has 1 atom stereocenters. The van der Waals surface area contributed by atoms with E-state index in [1.54, 1.807) is 27.7 Å². The van der Waals surface area contributed by atoms with Gasteiger partial charge in [0.1, 0.15) is 5.60 Å². The molecule has 1 amide bonds. The molecule has 0 spiro atoms. The third-order valence-electron chi connectivity index (χ3n) is 6.72. The van der Waals surface area contributed by atoms with Crippen LogP contribution in [-0.2, 0) is 19.8 Å². The number of aliphatic hydroxyl groups is 7. The van der Waals surface area contributed by atoms with E-state index in [-0.39, 0.29) is 10.1 Å². The van der Waals surface area contributed by atoms with Gasteiger partial charge >= 0.3 is 19.1 Å². The maximum absolute atomic E-state index is 12.7. The third kappa shape index (κ3) is 3.64. The highest BCUT2D eigenvalue weighted by Gasteiger charge is 2.84. The lowest BCUT2D eigenvalue weighted by atomic mass is 9.50. The number of carbonyl (C=O) groups is 1. The van der Waals surface area contributed by atoms with E-state index >= 15 is 0 Å². The zero-order valence-electron chi connectivity index (χ0n) is 21.0. The van der Waals surface area contributed by atoms with Crippen molar-refractivity contribution in [3.05, 3.63) is 12.4 Å². The maximum Gasteiger partial charge on any atom is 0.498 e. The van der Waals surface area contributed by atoms with E-state index in [2.05, 4.69) is 5.10 Å². The summed E-state index contributed by atoms with van der Waals surface area (Å²) < 4.78 is 16.8. The molecule has 2 aliphatic heterocycles. The molecule has 2 fully saturated rings. The van der Waals surface area contributed by atoms with Gasteiger partial charge in [0.2, 0.25) is 5.79 Å². The van der Waals surface area contributed by atoms with E-state index in [0.29, 0.717) is 0 Å². The van der Waals surface area contributed by atoms with E-state index in [4.69, 9.17) is 29.7 Å². The molecule has 0 bridgehead atoms.